The molecule has 0 saturated heterocycles. The Kier molecular flexibility index (Phi) is 5.12. The molecule has 1 aliphatic carbocycles. The van der Waals surface area contributed by atoms with Gasteiger partial charge in [-0.2, -0.15) is 5.10 Å². The molecule has 0 bridgehead atoms. The highest BCUT2D eigenvalue weighted by molar-refractivity contribution is 8.13. The maximum Gasteiger partial charge on any atom is 0.277 e. The molecule has 0 aliphatic heterocycles. The molecule has 1 saturated carbocycles. The summed E-state index contributed by atoms with van der Waals surface area (Å²) in [5.41, 5.74) is 1.85. The van der Waals surface area contributed by atoms with Crippen molar-refractivity contribution in [3.63, 3.8) is 0 Å². The van der Waals surface area contributed by atoms with Crippen molar-refractivity contribution in [3.8, 4) is 17.1 Å². The third-order valence-corrected chi connectivity index (χ3v) is 6.71. The summed E-state index contributed by atoms with van der Waals surface area (Å²) in [5, 5.41) is 4.60. The largest absolute Gasteiger partial charge is 0.496 e. The summed E-state index contributed by atoms with van der Waals surface area (Å²) >= 11 is 0. The molecule has 2 aromatic heterocycles. The van der Waals surface area contributed by atoms with Crippen LogP contribution in [0, 0.1) is 6.92 Å². The fraction of sp³-hybridized carbons (Fsp3) is 0.421. The van der Waals surface area contributed by atoms with Gasteiger partial charge in [0.2, 0.25) is 0 Å². The van der Waals surface area contributed by atoms with Crippen molar-refractivity contribution < 1.29 is 13.2 Å². The first-order chi connectivity index (χ1) is 13.8. The average Bonchev–Trinajstić information content (AvgIpc) is 3.04. The molecule has 1 aromatic carbocycles. The summed E-state index contributed by atoms with van der Waals surface area (Å²) in [6.07, 6.45) is 5.46. The van der Waals surface area contributed by atoms with Crippen LogP contribution in [-0.2, 0) is 9.05 Å². The zero-order valence-corrected chi connectivity index (χ0v) is 17.7. The number of aryl methyl sites for hydroxylation is 1. The van der Waals surface area contributed by atoms with Crippen molar-refractivity contribution in [3.05, 3.63) is 34.2 Å². The summed E-state index contributed by atoms with van der Waals surface area (Å²) in [6.45, 7) is 1.83. The highest BCUT2D eigenvalue weighted by Gasteiger charge is 2.23. The minimum atomic E-state index is -3.91. The molecule has 0 atom stereocenters. The Hall–Kier alpha value is -2.39. The number of hydrogen-bond acceptors (Lipinski definition) is 6. The van der Waals surface area contributed by atoms with E-state index in [1.54, 1.807) is 0 Å². The average molecular weight is 437 g/mol. The molecular weight excluding hydrogens is 416 g/mol. The Bertz CT molecular complexity index is 1240. The van der Waals surface area contributed by atoms with Crippen molar-refractivity contribution in [1.29, 1.82) is 0 Å². The number of fused-ring (bicyclic) bond motifs is 1. The summed E-state index contributed by atoms with van der Waals surface area (Å²) in [7, 11) is 2.92. The van der Waals surface area contributed by atoms with E-state index in [1.807, 2.05) is 11.6 Å². The van der Waals surface area contributed by atoms with Crippen molar-refractivity contribution in [2.45, 2.75) is 50.0 Å². The van der Waals surface area contributed by atoms with E-state index in [0.717, 1.165) is 25.7 Å². The fourth-order valence-electron chi connectivity index (χ4n) is 3.93. The minimum absolute atomic E-state index is 0.0931. The number of benzene rings is 1. The summed E-state index contributed by atoms with van der Waals surface area (Å²) in [6, 6.07) is 4.37. The number of rotatable bonds is 4. The Balaban J connectivity index is 1.87. The first-order valence-corrected chi connectivity index (χ1v) is 11.7. The van der Waals surface area contributed by atoms with E-state index in [1.165, 1.54) is 31.7 Å². The lowest BCUT2D eigenvalue weighted by Crippen LogP contribution is -2.19. The number of methoxy groups -OCH3 is 1. The molecule has 10 heteroatoms. The van der Waals surface area contributed by atoms with Crippen LogP contribution in [0.3, 0.4) is 0 Å². The molecule has 4 rings (SSSR count). The monoisotopic (exact) mass is 436 g/mol. The molecule has 0 unspecified atom stereocenters. The maximum absolute atomic E-state index is 13.0. The molecule has 1 fully saturated rings. The first kappa shape index (κ1) is 19.9. The quantitative estimate of drug-likeness (QED) is 0.627. The highest BCUT2D eigenvalue weighted by Crippen LogP contribution is 2.33. The number of nitrogens with one attached hydrogen (secondary N) is 1. The van der Waals surface area contributed by atoms with Gasteiger partial charge in [0.1, 0.15) is 17.1 Å². The van der Waals surface area contributed by atoms with E-state index in [4.69, 9.17) is 15.4 Å². The lowest BCUT2D eigenvalue weighted by atomic mass is 9.95. The Morgan fingerprint density at radius 3 is 2.62 bits per heavy atom. The normalized spacial score (nSPS) is 15.7. The number of ether oxygens (including phenoxy) is 1. The minimum Gasteiger partial charge on any atom is -0.496 e. The topological polar surface area (TPSA) is 107 Å². The van der Waals surface area contributed by atoms with Crippen LogP contribution >= 0.6 is 10.7 Å². The van der Waals surface area contributed by atoms with E-state index in [9.17, 15) is 13.2 Å². The van der Waals surface area contributed by atoms with E-state index < -0.39 is 9.05 Å². The third kappa shape index (κ3) is 3.64. The Morgan fingerprint density at radius 1 is 1.24 bits per heavy atom. The summed E-state index contributed by atoms with van der Waals surface area (Å²) in [5.74, 6) is 0.524. The van der Waals surface area contributed by atoms with E-state index in [2.05, 4.69) is 15.1 Å². The van der Waals surface area contributed by atoms with Gasteiger partial charge >= 0.3 is 0 Å². The van der Waals surface area contributed by atoms with Gasteiger partial charge in [-0.3, -0.25) is 9.48 Å². The molecule has 3 aromatic rings. The number of hydrogen-bond donors (Lipinski definition) is 1. The second kappa shape index (κ2) is 7.46. The second-order valence-corrected chi connectivity index (χ2v) is 9.80. The molecular formula is C19H21ClN4O4S. The predicted molar refractivity (Wildman–Crippen MR) is 110 cm³/mol. The molecule has 8 nitrogen and oxygen atoms in total. The van der Waals surface area contributed by atoms with Crippen molar-refractivity contribution >= 4 is 30.8 Å². The molecule has 0 amide bonds. The number of aromatic amines is 1. The SMILES string of the molecule is COc1cc(S(=O)(=O)Cl)ccc1-c1nc2c(C)nn(C3CCCCC3)c2c(=O)[nH]1. The van der Waals surface area contributed by atoms with E-state index in [0.29, 0.717) is 22.3 Å². The lowest BCUT2D eigenvalue weighted by molar-refractivity contribution is 0.336. The van der Waals surface area contributed by atoms with Crippen molar-refractivity contribution in [2.24, 2.45) is 0 Å². The van der Waals surface area contributed by atoms with Crippen molar-refractivity contribution in [2.75, 3.05) is 7.11 Å². The Morgan fingerprint density at radius 2 is 1.97 bits per heavy atom. The van der Waals surface area contributed by atoms with Crippen LogP contribution < -0.4 is 10.3 Å². The number of halogens is 1. The van der Waals surface area contributed by atoms with Gasteiger partial charge < -0.3 is 9.72 Å². The zero-order chi connectivity index (χ0) is 20.8. The fourth-order valence-corrected chi connectivity index (χ4v) is 4.69. The molecule has 1 N–H and O–H groups in total. The van der Waals surface area contributed by atoms with Crippen LogP contribution in [0.25, 0.3) is 22.4 Å². The molecule has 154 valence electrons. The standard InChI is InChI=1S/C19H21ClN4O4S/c1-11-16-17(24(23-11)12-6-4-3-5-7-12)19(25)22-18(21-16)14-9-8-13(29(20,26)27)10-15(14)28-2/h8-10,12H,3-7H2,1-2H3,(H,21,22,25). The van der Waals surface area contributed by atoms with Crippen LogP contribution in [0.4, 0.5) is 0 Å². The second-order valence-electron chi connectivity index (χ2n) is 7.23. The van der Waals surface area contributed by atoms with Gasteiger partial charge in [-0.15, -0.1) is 0 Å². The van der Waals surface area contributed by atoms with Crippen molar-refractivity contribution in [1.82, 2.24) is 19.7 Å². The van der Waals surface area contributed by atoms with Gasteiger partial charge in [-0.05, 0) is 31.9 Å². The summed E-state index contributed by atoms with van der Waals surface area (Å²) < 4.78 is 30.3. The number of H-pyrrole nitrogens is 1. The van der Waals surface area contributed by atoms with Crippen LogP contribution in [0.5, 0.6) is 5.75 Å². The van der Waals surface area contributed by atoms with Gasteiger partial charge in [0.25, 0.3) is 14.6 Å². The van der Waals surface area contributed by atoms with Crippen LogP contribution in [0.15, 0.2) is 27.9 Å². The van der Waals surface area contributed by atoms with E-state index >= 15 is 0 Å². The molecule has 0 spiro atoms. The van der Waals surface area contributed by atoms with Crippen LogP contribution in [0.1, 0.15) is 43.8 Å². The smallest absolute Gasteiger partial charge is 0.277 e. The summed E-state index contributed by atoms with van der Waals surface area (Å²) in [4.78, 5) is 20.3. The van der Waals surface area contributed by atoms with Gasteiger partial charge in [0.15, 0.2) is 5.52 Å². The number of nitrogens with zero attached hydrogens (tertiary/aromatic N) is 3. The molecule has 2 heterocycles. The van der Waals surface area contributed by atoms with Gasteiger partial charge in [-0.1, -0.05) is 19.3 Å². The highest BCUT2D eigenvalue weighted by atomic mass is 35.7. The van der Waals surface area contributed by atoms with Crippen LogP contribution in [-0.4, -0.2) is 35.3 Å². The van der Waals surface area contributed by atoms with Gasteiger partial charge in [0, 0.05) is 16.7 Å². The third-order valence-electron chi connectivity index (χ3n) is 5.35. The number of aromatic nitrogens is 4. The van der Waals surface area contributed by atoms with E-state index in [-0.39, 0.29) is 28.1 Å². The maximum atomic E-state index is 13.0. The lowest BCUT2D eigenvalue weighted by Gasteiger charge is -2.22. The molecule has 0 radical (unpaired) electrons. The Labute approximate surface area is 172 Å². The van der Waals surface area contributed by atoms with Gasteiger partial charge in [-0.25, -0.2) is 13.4 Å². The van der Waals surface area contributed by atoms with Gasteiger partial charge in [0.05, 0.1) is 29.3 Å². The first-order valence-electron chi connectivity index (χ1n) is 9.42. The van der Waals surface area contributed by atoms with Crippen LogP contribution in [0.2, 0.25) is 0 Å². The molecule has 29 heavy (non-hydrogen) atoms. The zero-order valence-electron chi connectivity index (χ0n) is 16.1. The predicted octanol–water partition coefficient (Wildman–Crippen LogP) is 3.54. The molecule has 1 aliphatic rings.